The lowest BCUT2D eigenvalue weighted by molar-refractivity contribution is 0.580. The van der Waals surface area contributed by atoms with Crippen LogP contribution in [0.1, 0.15) is 17.9 Å². The van der Waals surface area contributed by atoms with Crippen LogP contribution < -0.4 is 4.72 Å². The van der Waals surface area contributed by atoms with Crippen molar-refractivity contribution in [1.29, 1.82) is 0 Å². The standard InChI is InChI=1S/C15H14BrNO2S/c16-12-6-8-13(9-7-12)20(18,19)17-15-10-14(15)11-4-2-1-3-5-11/h1-9,14-15,17H,10H2. The molecule has 0 saturated heterocycles. The van der Waals surface area contributed by atoms with Gasteiger partial charge in [-0.3, -0.25) is 0 Å². The Morgan fingerprint density at radius 1 is 1.00 bits per heavy atom. The molecule has 2 aromatic carbocycles. The summed E-state index contributed by atoms with van der Waals surface area (Å²) in [6.45, 7) is 0. The van der Waals surface area contributed by atoms with Crippen LogP contribution in [0.4, 0.5) is 0 Å². The molecule has 0 radical (unpaired) electrons. The van der Waals surface area contributed by atoms with Gasteiger partial charge in [0.05, 0.1) is 4.90 Å². The molecule has 2 atom stereocenters. The van der Waals surface area contributed by atoms with Crippen LogP contribution in [-0.2, 0) is 10.0 Å². The number of sulfonamides is 1. The molecule has 0 aliphatic heterocycles. The van der Waals surface area contributed by atoms with E-state index in [-0.39, 0.29) is 6.04 Å². The molecule has 2 aromatic rings. The van der Waals surface area contributed by atoms with Crippen molar-refractivity contribution in [1.82, 2.24) is 4.72 Å². The summed E-state index contributed by atoms with van der Waals surface area (Å²) in [5.41, 5.74) is 1.19. The van der Waals surface area contributed by atoms with Gasteiger partial charge in [-0.1, -0.05) is 46.3 Å². The van der Waals surface area contributed by atoms with Crippen LogP contribution in [-0.4, -0.2) is 14.5 Å². The molecule has 0 heterocycles. The normalized spacial score (nSPS) is 21.6. The minimum Gasteiger partial charge on any atom is -0.207 e. The minimum atomic E-state index is -3.43. The molecule has 0 spiro atoms. The average molecular weight is 352 g/mol. The van der Waals surface area contributed by atoms with Gasteiger partial charge in [0.2, 0.25) is 10.0 Å². The van der Waals surface area contributed by atoms with Crippen LogP contribution in [0.5, 0.6) is 0 Å². The lowest BCUT2D eigenvalue weighted by atomic mass is 10.1. The summed E-state index contributed by atoms with van der Waals surface area (Å²) in [7, 11) is -3.43. The van der Waals surface area contributed by atoms with Crippen LogP contribution in [0.15, 0.2) is 64.0 Å². The highest BCUT2D eigenvalue weighted by Crippen LogP contribution is 2.41. The third kappa shape index (κ3) is 2.95. The molecule has 104 valence electrons. The van der Waals surface area contributed by atoms with Crippen LogP contribution in [0.3, 0.4) is 0 Å². The first-order chi connectivity index (χ1) is 9.56. The Balaban J connectivity index is 1.71. The van der Waals surface area contributed by atoms with Gasteiger partial charge in [0.15, 0.2) is 0 Å². The lowest BCUT2D eigenvalue weighted by Crippen LogP contribution is -2.26. The molecule has 1 aliphatic rings. The van der Waals surface area contributed by atoms with Gasteiger partial charge in [-0.2, -0.15) is 0 Å². The first-order valence-electron chi connectivity index (χ1n) is 6.39. The molecule has 0 bridgehead atoms. The molecule has 1 N–H and O–H groups in total. The zero-order valence-corrected chi connectivity index (χ0v) is 13.1. The van der Waals surface area contributed by atoms with Crippen LogP contribution in [0.25, 0.3) is 0 Å². The van der Waals surface area contributed by atoms with E-state index in [0.29, 0.717) is 10.8 Å². The van der Waals surface area contributed by atoms with Gasteiger partial charge in [0, 0.05) is 16.4 Å². The maximum Gasteiger partial charge on any atom is 0.240 e. The highest BCUT2D eigenvalue weighted by atomic mass is 79.9. The molecule has 20 heavy (non-hydrogen) atoms. The second-order valence-corrected chi connectivity index (χ2v) is 7.56. The van der Waals surface area contributed by atoms with Crippen molar-refractivity contribution in [3.05, 3.63) is 64.6 Å². The van der Waals surface area contributed by atoms with Crippen LogP contribution >= 0.6 is 15.9 Å². The zero-order valence-electron chi connectivity index (χ0n) is 10.7. The quantitative estimate of drug-likeness (QED) is 0.918. The second-order valence-electron chi connectivity index (χ2n) is 4.93. The van der Waals surface area contributed by atoms with Crippen molar-refractivity contribution < 1.29 is 8.42 Å². The van der Waals surface area contributed by atoms with Gasteiger partial charge in [-0.25, -0.2) is 13.1 Å². The molecule has 0 amide bonds. The largest absolute Gasteiger partial charge is 0.240 e. The molecular formula is C15H14BrNO2S. The van der Waals surface area contributed by atoms with E-state index in [0.717, 1.165) is 10.9 Å². The fourth-order valence-corrected chi connectivity index (χ4v) is 3.83. The Morgan fingerprint density at radius 3 is 2.30 bits per heavy atom. The van der Waals surface area contributed by atoms with E-state index in [1.807, 2.05) is 30.3 Å². The van der Waals surface area contributed by atoms with E-state index in [4.69, 9.17) is 0 Å². The molecule has 2 unspecified atom stereocenters. The third-order valence-corrected chi connectivity index (χ3v) is 5.48. The van der Waals surface area contributed by atoms with Crippen molar-refractivity contribution >= 4 is 26.0 Å². The molecule has 1 fully saturated rings. The Labute approximate surface area is 127 Å². The first-order valence-corrected chi connectivity index (χ1v) is 8.67. The van der Waals surface area contributed by atoms with E-state index < -0.39 is 10.0 Å². The molecule has 0 aromatic heterocycles. The highest BCUT2D eigenvalue weighted by Gasteiger charge is 2.41. The minimum absolute atomic E-state index is 0.00560. The number of hydrogen-bond donors (Lipinski definition) is 1. The first kappa shape index (κ1) is 13.8. The number of hydrogen-bond acceptors (Lipinski definition) is 2. The van der Waals surface area contributed by atoms with Gasteiger partial charge in [-0.15, -0.1) is 0 Å². The zero-order chi connectivity index (χ0) is 14.2. The van der Waals surface area contributed by atoms with Gasteiger partial charge in [0.25, 0.3) is 0 Å². The SMILES string of the molecule is O=S(=O)(NC1CC1c1ccccc1)c1ccc(Br)cc1. The molecule has 3 nitrogen and oxygen atoms in total. The maximum absolute atomic E-state index is 12.2. The van der Waals surface area contributed by atoms with Crippen LogP contribution in [0, 0.1) is 0 Å². The topological polar surface area (TPSA) is 46.2 Å². The van der Waals surface area contributed by atoms with Crippen molar-refractivity contribution in [2.75, 3.05) is 0 Å². The number of halogens is 1. The summed E-state index contributed by atoms with van der Waals surface area (Å²) in [4.78, 5) is 0.305. The molecule has 1 aliphatic carbocycles. The Hall–Kier alpha value is -1.17. The van der Waals surface area contributed by atoms with Crippen molar-refractivity contribution in [2.24, 2.45) is 0 Å². The third-order valence-electron chi connectivity index (χ3n) is 3.45. The van der Waals surface area contributed by atoms with Gasteiger partial charge < -0.3 is 0 Å². The second kappa shape index (κ2) is 5.31. The van der Waals surface area contributed by atoms with Crippen LogP contribution in [0.2, 0.25) is 0 Å². The van der Waals surface area contributed by atoms with E-state index in [9.17, 15) is 8.42 Å². The molecular weight excluding hydrogens is 338 g/mol. The van der Waals surface area contributed by atoms with E-state index >= 15 is 0 Å². The van der Waals surface area contributed by atoms with Crippen molar-refractivity contribution in [3.63, 3.8) is 0 Å². The molecule has 3 rings (SSSR count). The molecule has 1 saturated carbocycles. The van der Waals surface area contributed by atoms with Crippen molar-refractivity contribution in [2.45, 2.75) is 23.3 Å². The summed E-state index contributed by atoms with van der Waals surface area (Å²) in [5, 5.41) is 0. The van der Waals surface area contributed by atoms with Gasteiger partial charge >= 0.3 is 0 Å². The van der Waals surface area contributed by atoms with E-state index in [2.05, 4.69) is 20.7 Å². The average Bonchev–Trinajstić information content (AvgIpc) is 3.19. The number of benzene rings is 2. The predicted molar refractivity (Wildman–Crippen MR) is 82.1 cm³/mol. The predicted octanol–water partition coefficient (Wildman–Crippen LogP) is 3.28. The monoisotopic (exact) mass is 351 g/mol. The Kier molecular flexibility index (Phi) is 3.67. The van der Waals surface area contributed by atoms with E-state index in [1.54, 1.807) is 24.3 Å². The van der Waals surface area contributed by atoms with Gasteiger partial charge in [0.1, 0.15) is 0 Å². The smallest absolute Gasteiger partial charge is 0.207 e. The van der Waals surface area contributed by atoms with E-state index in [1.165, 1.54) is 5.56 Å². The number of rotatable bonds is 4. The fourth-order valence-electron chi connectivity index (χ4n) is 2.27. The lowest BCUT2D eigenvalue weighted by Gasteiger charge is -2.06. The van der Waals surface area contributed by atoms with Gasteiger partial charge in [-0.05, 0) is 36.2 Å². The molecule has 5 heteroatoms. The summed E-state index contributed by atoms with van der Waals surface area (Å²) in [6.07, 6.45) is 0.861. The fraction of sp³-hybridized carbons (Fsp3) is 0.200. The Bertz CT molecular complexity index is 698. The summed E-state index contributed by atoms with van der Waals surface area (Å²) in [6, 6.07) is 16.7. The Morgan fingerprint density at radius 2 is 1.65 bits per heavy atom. The summed E-state index contributed by atoms with van der Waals surface area (Å²) >= 11 is 3.30. The summed E-state index contributed by atoms with van der Waals surface area (Å²) in [5.74, 6) is 0.293. The summed E-state index contributed by atoms with van der Waals surface area (Å²) < 4.78 is 28.1. The maximum atomic E-state index is 12.2. The van der Waals surface area contributed by atoms with Crippen molar-refractivity contribution in [3.8, 4) is 0 Å². The number of nitrogens with one attached hydrogen (secondary N) is 1. The highest BCUT2D eigenvalue weighted by molar-refractivity contribution is 9.10.